The van der Waals surface area contributed by atoms with Crippen LogP contribution in [-0.4, -0.2) is 50.9 Å². The van der Waals surface area contributed by atoms with Gasteiger partial charge in [0.1, 0.15) is 0 Å². The topological polar surface area (TPSA) is 104 Å². The zero-order valence-electron chi connectivity index (χ0n) is 18.9. The summed E-state index contributed by atoms with van der Waals surface area (Å²) < 4.78 is 16.7. The summed E-state index contributed by atoms with van der Waals surface area (Å²) in [6.45, 7) is 9.51. The molecule has 0 radical (unpaired) electrons. The fraction of sp³-hybridized carbons (Fsp3) is 0.905. The molecule has 0 aromatic carbocycles. The molecule has 0 spiro atoms. The average Bonchev–Trinajstić information content (AvgIpc) is 2.68. The average molecular weight is 436 g/mol. The Morgan fingerprint density at radius 2 is 1.41 bits per heavy atom. The van der Waals surface area contributed by atoms with E-state index in [4.69, 9.17) is 4.74 Å². The van der Waals surface area contributed by atoms with Gasteiger partial charge in [-0.1, -0.05) is 66.2 Å². The predicted octanol–water partition coefficient (Wildman–Crippen LogP) is 4.64. The molecule has 0 heterocycles. The molecule has 2 N–H and O–H groups in total. The third kappa shape index (κ3) is 10.2. The number of amides is 1. The highest BCUT2D eigenvalue weighted by Gasteiger charge is 2.37. The number of hydrogen-bond donors (Lipinski definition) is 2. The maximum Gasteiger partial charge on any atom is 0.353 e. The lowest BCUT2D eigenvalue weighted by atomic mass is 9.97. The number of carbonyl (C=O) groups is 2. The van der Waals surface area contributed by atoms with Crippen molar-refractivity contribution in [1.82, 2.24) is 4.90 Å². The molecule has 0 aromatic heterocycles. The van der Waals surface area contributed by atoms with E-state index in [0.29, 0.717) is 6.29 Å². The van der Waals surface area contributed by atoms with Gasteiger partial charge in [0.15, 0.2) is 18.2 Å². The highest BCUT2D eigenvalue weighted by molar-refractivity contribution is 7.52. The summed E-state index contributed by atoms with van der Waals surface area (Å²) in [5.74, 6) is -1.99. The lowest BCUT2D eigenvalue weighted by molar-refractivity contribution is -0.153. The fourth-order valence-electron chi connectivity index (χ4n) is 3.58. The Morgan fingerprint density at radius 1 is 0.966 bits per heavy atom. The highest BCUT2D eigenvalue weighted by atomic mass is 31.2. The second-order valence-corrected chi connectivity index (χ2v) is 9.65. The van der Waals surface area contributed by atoms with Crippen LogP contribution in [0.4, 0.5) is 0 Å². The monoisotopic (exact) mass is 435 g/mol. The standard InChI is InChI=1S/C21H42NO6P/c1-6-10-12-14-18(8-3)22(19(9-4)15-13-11-7-2)21(24)20(16-23)28-17(5)29(25,26)27/h16-20H,6-15H2,1-5H3,(H2,25,26,27). The Kier molecular flexibility index (Phi) is 14.7. The molecule has 4 unspecified atom stereocenters. The normalized spacial score (nSPS) is 16.1. The van der Waals surface area contributed by atoms with Gasteiger partial charge in [-0.05, 0) is 32.6 Å². The Balaban J connectivity index is 5.66. The summed E-state index contributed by atoms with van der Waals surface area (Å²) in [6, 6.07) is -0.0333. The van der Waals surface area contributed by atoms with Crippen molar-refractivity contribution in [2.45, 2.75) is 123 Å². The lowest BCUT2D eigenvalue weighted by Gasteiger charge is -2.39. The van der Waals surface area contributed by atoms with Crippen molar-refractivity contribution in [2.24, 2.45) is 0 Å². The number of nitrogens with zero attached hydrogens (tertiary/aromatic N) is 1. The Morgan fingerprint density at radius 3 is 1.72 bits per heavy atom. The molecule has 0 bridgehead atoms. The maximum absolute atomic E-state index is 13.3. The first kappa shape index (κ1) is 28.2. The Bertz CT molecular complexity index is 491. The second-order valence-electron chi connectivity index (χ2n) is 7.74. The van der Waals surface area contributed by atoms with Crippen LogP contribution in [0.3, 0.4) is 0 Å². The van der Waals surface area contributed by atoms with Crippen LogP contribution in [0.1, 0.15) is 98.8 Å². The quantitative estimate of drug-likeness (QED) is 0.149. The molecule has 0 fully saturated rings. The molecule has 0 aromatic rings. The number of aldehydes is 1. The number of carbonyl (C=O) groups excluding carboxylic acids is 2. The summed E-state index contributed by atoms with van der Waals surface area (Å²) in [5.41, 5.74) is 0. The molecule has 0 rings (SSSR count). The summed E-state index contributed by atoms with van der Waals surface area (Å²) in [4.78, 5) is 45.3. The SMILES string of the molecule is CCCCCC(CC)N(C(=O)C(C=O)OC(C)P(=O)(O)O)C(CC)CCCCC. The molecular weight excluding hydrogens is 393 g/mol. The van der Waals surface area contributed by atoms with Crippen LogP contribution in [0, 0.1) is 0 Å². The fourth-order valence-corrected chi connectivity index (χ4v) is 3.87. The zero-order chi connectivity index (χ0) is 22.4. The lowest BCUT2D eigenvalue weighted by Crippen LogP contribution is -2.52. The van der Waals surface area contributed by atoms with Crippen molar-refractivity contribution in [2.75, 3.05) is 0 Å². The van der Waals surface area contributed by atoms with Crippen LogP contribution in [0.25, 0.3) is 0 Å². The minimum atomic E-state index is -4.55. The van der Waals surface area contributed by atoms with Gasteiger partial charge in [-0.3, -0.25) is 14.2 Å². The van der Waals surface area contributed by atoms with Crippen molar-refractivity contribution in [3.05, 3.63) is 0 Å². The molecule has 8 heteroatoms. The van der Waals surface area contributed by atoms with Crippen LogP contribution < -0.4 is 0 Å². The van der Waals surface area contributed by atoms with Gasteiger partial charge >= 0.3 is 7.60 Å². The summed E-state index contributed by atoms with van der Waals surface area (Å²) in [5, 5.41) is 0. The molecule has 4 atom stereocenters. The van der Waals surface area contributed by atoms with Crippen LogP contribution in [-0.2, 0) is 18.9 Å². The first-order valence-electron chi connectivity index (χ1n) is 11.2. The van der Waals surface area contributed by atoms with Crippen LogP contribution in [0.5, 0.6) is 0 Å². The molecule has 172 valence electrons. The van der Waals surface area contributed by atoms with E-state index in [1.807, 2.05) is 13.8 Å². The smallest absolute Gasteiger partial charge is 0.345 e. The summed E-state index contributed by atoms with van der Waals surface area (Å²) in [6.07, 6.45) is 8.39. The molecule has 0 saturated carbocycles. The van der Waals surface area contributed by atoms with E-state index in [2.05, 4.69) is 13.8 Å². The number of hydrogen-bond acceptors (Lipinski definition) is 4. The number of unbranched alkanes of at least 4 members (excludes halogenated alkanes) is 4. The summed E-state index contributed by atoms with van der Waals surface area (Å²) >= 11 is 0. The molecular formula is C21H42NO6P. The van der Waals surface area contributed by atoms with Gasteiger partial charge in [0.2, 0.25) is 0 Å². The van der Waals surface area contributed by atoms with Gasteiger partial charge in [0.05, 0.1) is 0 Å². The Hall–Kier alpha value is -0.750. The van der Waals surface area contributed by atoms with Crippen LogP contribution in [0.2, 0.25) is 0 Å². The predicted molar refractivity (Wildman–Crippen MR) is 116 cm³/mol. The van der Waals surface area contributed by atoms with E-state index in [9.17, 15) is 23.9 Å². The minimum Gasteiger partial charge on any atom is -0.345 e. The van der Waals surface area contributed by atoms with Crippen molar-refractivity contribution < 1.29 is 28.7 Å². The molecule has 0 aliphatic heterocycles. The Labute approximate surface area is 176 Å². The van der Waals surface area contributed by atoms with Crippen LogP contribution in [0.15, 0.2) is 0 Å². The maximum atomic E-state index is 13.3. The van der Waals surface area contributed by atoms with E-state index in [0.717, 1.165) is 64.2 Å². The van der Waals surface area contributed by atoms with Gasteiger partial charge in [0.25, 0.3) is 5.91 Å². The molecule has 0 aliphatic rings. The first-order chi connectivity index (χ1) is 13.7. The molecule has 7 nitrogen and oxygen atoms in total. The highest BCUT2D eigenvalue weighted by Crippen LogP contribution is 2.42. The van der Waals surface area contributed by atoms with Gasteiger partial charge < -0.3 is 19.4 Å². The first-order valence-corrected chi connectivity index (χ1v) is 12.8. The molecule has 0 saturated heterocycles. The van der Waals surface area contributed by atoms with E-state index in [1.165, 1.54) is 6.92 Å². The third-order valence-corrected chi connectivity index (χ3v) is 6.52. The molecule has 0 aliphatic carbocycles. The van der Waals surface area contributed by atoms with Crippen LogP contribution >= 0.6 is 7.60 Å². The van der Waals surface area contributed by atoms with Gasteiger partial charge in [-0.2, -0.15) is 0 Å². The van der Waals surface area contributed by atoms with E-state index in [-0.39, 0.29) is 12.1 Å². The van der Waals surface area contributed by atoms with Crippen molar-refractivity contribution in [3.8, 4) is 0 Å². The largest absolute Gasteiger partial charge is 0.353 e. The van der Waals surface area contributed by atoms with Gasteiger partial charge in [0, 0.05) is 12.1 Å². The number of ether oxygens (including phenoxy) is 1. The van der Waals surface area contributed by atoms with Gasteiger partial charge in [-0.25, -0.2) is 0 Å². The van der Waals surface area contributed by atoms with Crippen molar-refractivity contribution in [3.63, 3.8) is 0 Å². The zero-order valence-corrected chi connectivity index (χ0v) is 19.8. The number of rotatable bonds is 17. The molecule has 1 amide bonds. The minimum absolute atomic E-state index is 0.0166. The second kappa shape index (κ2) is 15.1. The van der Waals surface area contributed by atoms with E-state index < -0.39 is 25.5 Å². The van der Waals surface area contributed by atoms with Crippen molar-refractivity contribution in [1.29, 1.82) is 0 Å². The van der Waals surface area contributed by atoms with Gasteiger partial charge in [-0.15, -0.1) is 0 Å². The molecule has 29 heavy (non-hydrogen) atoms. The van der Waals surface area contributed by atoms with E-state index >= 15 is 0 Å². The van der Waals surface area contributed by atoms with Crippen molar-refractivity contribution >= 4 is 19.8 Å². The summed E-state index contributed by atoms with van der Waals surface area (Å²) in [7, 11) is -4.55. The third-order valence-electron chi connectivity index (χ3n) is 5.45. The van der Waals surface area contributed by atoms with E-state index in [1.54, 1.807) is 4.90 Å².